The van der Waals surface area contributed by atoms with Crippen LogP contribution in [0, 0.1) is 0 Å². The smallest absolute Gasteiger partial charge is 0.494 e. The summed E-state index contributed by atoms with van der Waals surface area (Å²) in [6.45, 7) is 7.84. The topological polar surface area (TPSA) is 86.7 Å². The lowest BCUT2D eigenvalue weighted by Crippen LogP contribution is -2.52. The summed E-state index contributed by atoms with van der Waals surface area (Å²) in [4.78, 5) is 19.0. The summed E-state index contributed by atoms with van der Waals surface area (Å²) in [5.41, 5.74) is 2.41. The minimum absolute atomic E-state index is 0.132. The molecule has 3 aromatic rings. The largest absolute Gasteiger partial charge is 0.528 e. The summed E-state index contributed by atoms with van der Waals surface area (Å²) < 4.78 is 23.3. The number of hydrogen-bond donors (Lipinski definition) is 1. The summed E-state index contributed by atoms with van der Waals surface area (Å²) in [7, 11) is 0. The van der Waals surface area contributed by atoms with Gasteiger partial charge in [-0.2, -0.15) is 0 Å². The van der Waals surface area contributed by atoms with Crippen LogP contribution in [0.2, 0.25) is 0 Å². The van der Waals surface area contributed by atoms with E-state index in [1.807, 2.05) is 73.0 Å². The number of rotatable bonds is 13. The van der Waals surface area contributed by atoms with Crippen molar-refractivity contribution in [1.82, 2.24) is 5.06 Å². The highest BCUT2D eigenvalue weighted by Crippen LogP contribution is 2.33. The molecule has 3 atom stereocenters. The molecule has 0 saturated carbocycles. The van der Waals surface area contributed by atoms with E-state index in [2.05, 4.69) is 12.1 Å². The number of benzene rings is 3. The number of hydrogen-bond acceptors (Lipinski definition) is 9. The second-order valence-corrected chi connectivity index (χ2v) is 12.4. The quantitative estimate of drug-likeness (QED) is 0.131. The Hall–Kier alpha value is -3.08. The fraction of sp³-hybridized carbons (Fsp3) is 0.441. The van der Waals surface area contributed by atoms with Crippen molar-refractivity contribution in [3.63, 3.8) is 0 Å². The van der Waals surface area contributed by atoms with E-state index >= 15 is 0 Å². The van der Waals surface area contributed by atoms with E-state index in [1.54, 1.807) is 32.5 Å². The van der Waals surface area contributed by atoms with Crippen LogP contribution in [0.25, 0.3) is 0 Å². The maximum Gasteiger partial charge on any atom is 0.528 e. The molecule has 232 valence electrons. The Morgan fingerprint density at radius 3 is 2.28 bits per heavy atom. The average molecular weight is 610 g/mol. The lowest BCUT2D eigenvalue weighted by atomic mass is 9.85. The molecule has 43 heavy (non-hydrogen) atoms. The summed E-state index contributed by atoms with van der Waals surface area (Å²) in [6, 6.07) is 26.0. The van der Waals surface area contributed by atoms with E-state index < -0.39 is 24.0 Å². The predicted molar refractivity (Wildman–Crippen MR) is 167 cm³/mol. The van der Waals surface area contributed by atoms with Crippen LogP contribution in [0.5, 0.6) is 5.75 Å². The first-order valence-corrected chi connectivity index (χ1v) is 15.9. The first kappa shape index (κ1) is 32.8. The van der Waals surface area contributed by atoms with E-state index in [0.29, 0.717) is 26.4 Å². The van der Waals surface area contributed by atoms with Crippen LogP contribution in [-0.2, 0) is 32.3 Å². The Kier molecular flexibility index (Phi) is 12.3. The molecule has 0 aliphatic carbocycles. The van der Waals surface area contributed by atoms with E-state index in [0.717, 1.165) is 28.9 Å². The van der Waals surface area contributed by atoms with Gasteiger partial charge in [0.15, 0.2) is 0 Å². The van der Waals surface area contributed by atoms with Crippen LogP contribution < -0.4 is 4.74 Å². The summed E-state index contributed by atoms with van der Waals surface area (Å²) >= 11 is 1.68. The molecular weight excluding hydrogens is 566 g/mol. The molecule has 1 heterocycles. The molecule has 0 radical (unpaired) electrons. The van der Waals surface area contributed by atoms with Gasteiger partial charge < -0.3 is 28.9 Å². The number of ether oxygens (including phenoxy) is 4. The van der Waals surface area contributed by atoms with E-state index in [1.165, 1.54) is 9.96 Å². The van der Waals surface area contributed by atoms with Gasteiger partial charge in [-0.15, -0.1) is 16.8 Å². The van der Waals surface area contributed by atoms with Crippen LogP contribution in [0.15, 0.2) is 83.8 Å². The molecule has 1 aliphatic rings. The minimum atomic E-state index is -0.839. The van der Waals surface area contributed by atoms with Crippen molar-refractivity contribution in [2.75, 3.05) is 32.6 Å². The van der Waals surface area contributed by atoms with Gasteiger partial charge in [0.25, 0.3) is 0 Å². The normalized spacial score (nSPS) is 19.1. The van der Waals surface area contributed by atoms with Crippen LogP contribution >= 0.6 is 11.8 Å². The van der Waals surface area contributed by atoms with Gasteiger partial charge in [-0.1, -0.05) is 54.6 Å². The van der Waals surface area contributed by atoms with E-state index in [4.69, 9.17) is 23.8 Å². The SMILES string of the molecule is CSc1ccc(COC2CN(OC(=O)OC(C)(C)C)CC(O)C2c2ccc(OCCCOCc3ccccc3)cc2)cc1. The van der Waals surface area contributed by atoms with Gasteiger partial charge in [0, 0.05) is 17.2 Å². The molecule has 0 bridgehead atoms. The number of β-amino-alcohol motifs (C(OH)–C–C–N with tert-alkyl or cyclic N) is 1. The van der Waals surface area contributed by atoms with Crippen molar-refractivity contribution >= 4 is 17.9 Å². The second-order valence-electron chi connectivity index (χ2n) is 11.5. The van der Waals surface area contributed by atoms with Crippen molar-refractivity contribution in [2.24, 2.45) is 0 Å². The van der Waals surface area contributed by atoms with Crippen LogP contribution in [0.1, 0.15) is 49.8 Å². The van der Waals surface area contributed by atoms with Crippen LogP contribution in [-0.4, -0.2) is 66.7 Å². The molecule has 3 aromatic carbocycles. The van der Waals surface area contributed by atoms with Gasteiger partial charge in [-0.25, -0.2) is 4.79 Å². The Bertz CT molecular complexity index is 1250. The van der Waals surface area contributed by atoms with Gasteiger partial charge in [-0.3, -0.25) is 0 Å². The summed E-state index contributed by atoms with van der Waals surface area (Å²) in [5.74, 6) is 0.419. The van der Waals surface area contributed by atoms with Gasteiger partial charge in [0.05, 0.1) is 51.7 Å². The number of carbonyl (C=O) groups is 1. The zero-order valence-corrected chi connectivity index (χ0v) is 26.3. The van der Waals surface area contributed by atoms with Crippen molar-refractivity contribution < 1.29 is 33.7 Å². The molecule has 0 amide bonds. The standard InChI is InChI=1S/C34H43NO7S/c1-34(2,3)41-33(37)42-35-21-30(36)32(31(22-35)40-24-26-11-17-29(43-4)18-12-26)27-13-15-28(16-14-27)39-20-8-19-38-23-25-9-6-5-7-10-25/h5-7,9-18,30-32,36H,8,19-24H2,1-4H3. The molecule has 9 heteroatoms. The van der Waals surface area contributed by atoms with E-state index in [-0.39, 0.29) is 19.0 Å². The number of nitrogens with zero attached hydrogens (tertiary/aromatic N) is 1. The third-order valence-electron chi connectivity index (χ3n) is 6.88. The van der Waals surface area contributed by atoms with Crippen molar-refractivity contribution in [3.8, 4) is 5.75 Å². The van der Waals surface area contributed by atoms with Crippen molar-refractivity contribution in [3.05, 3.63) is 95.6 Å². The maximum atomic E-state index is 12.3. The lowest BCUT2D eigenvalue weighted by Gasteiger charge is -2.40. The Morgan fingerprint density at radius 2 is 1.60 bits per heavy atom. The molecule has 1 aliphatic heterocycles. The second kappa shape index (κ2) is 16.1. The third kappa shape index (κ3) is 10.9. The Labute approximate surface area is 259 Å². The molecule has 1 fully saturated rings. The predicted octanol–water partition coefficient (Wildman–Crippen LogP) is 6.61. The molecule has 8 nitrogen and oxygen atoms in total. The van der Waals surface area contributed by atoms with Gasteiger partial charge in [0.2, 0.25) is 0 Å². The monoisotopic (exact) mass is 609 g/mol. The summed E-state index contributed by atoms with van der Waals surface area (Å²) in [5, 5.41) is 12.7. The molecule has 1 saturated heterocycles. The molecule has 3 unspecified atom stereocenters. The first-order chi connectivity index (χ1) is 20.7. The van der Waals surface area contributed by atoms with Crippen molar-refractivity contribution in [2.45, 2.75) is 69.0 Å². The number of hydroxylamine groups is 2. The summed E-state index contributed by atoms with van der Waals surface area (Å²) in [6.07, 6.45) is 0.721. The zero-order valence-electron chi connectivity index (χ0n) is 25.4. The Morgan fingerprint density at radius 1 is 0.907 bits per heavy atom. The van der Waals surface area contributed by atoms with E-state index in [9.17, 15) is 9.90 Å². The molecule has 4 rings (SSSR count). The van der Waals surface area contributed by atoms with Gasteiger partial charge >= 0.3 is 6.16 Å². The average Bonchev–Trinajstić information content (AvgIpc) is 2.98. The van der Waals surface area contributed by atoms with Crippen molar-refractivity contribution in [1.29, 1.82) is 0 Å². The number of aliphatic hydroxyl groups excluding tert-OH is 1. The molecule has 1 N–H and O–H groups in total. The molecule has 0 aromatic heterocycles. The zero-order chi connectivity index (χ0) is 30.7. The minimum Gasteiger partial charge on any atom is -0.494 e. The van der Waals surface area contributed by atoms with Gasteiger partial charge in [-0.05, 0) is 68.0 Å². The third-order valence-corrected chi connectivity index (χ3v) is 7.63. The molecule has 0 spiro atoms. The number of piperidine rings is 1. The Balaban J connectivity index is 1.35. The fourth-order valence-electron chi connectivity index (χ4n) is 4.83. The van der Waals surface area contributed by atoms with Gasteiger partial charge in [0.1, 0.15) is 11.4 Å². The number of thioether (sulfide) groups is 1. The number of carbonyl (C=O) groups excluding carboxylic acids is 1. The number of aliphatic hydroxyl groups is 1. The first-order valence-electron chi connectivity index (χ1n) is 14.6. The lowest BCUT2D eigenvalue weighted by molar-refractivity contribution is -0.201. The highest BCUT2D eigenvalue weighted by atomic mass is 32.2. The van der Waals surface area contributed by atoms with Crippen LogP contribution in [0.4, 0.5) is 4.79 Å². The maximum absolute atomic E-state index is 12.3. The fourth-order valence-corrected chi connectivity index (χ4v) is 5.24. The van der Waals surface area contributed by atoms with Crippen LogP contribution in [0.3, 0.4) is 0 Å². The highest BCUT2D eigenvalue weighted by molar-refractivity contribution is 7.98. The molecular formula is C34H43NO7S. The highest BCUT2D eigenvalue weighted by Gasteiger charge is 2.40.